The SMILES string of the molecule is Cc1ccc(C(C)NC2(C)CCS(=O)(=O)C2)cc1. The lowest BCUT2D eigenvalue weighted by molar-refractivity contribution is 0.355. The third kappa shape index (κ3) is 3.12. The largest absolute Gasteiger partial charge is 0.304 e. The number of sulfone groups is 1. The van der Waals surface area contributed by atoms with Gasteiger partial charge in [0.05, 0.1) is 11.5 Å². The summed E-state index contributed by atoms with van der Waals surface area (Å²) in [6, 6.07) is 8.53. The molecule has 2 unspecified atom stereocenters. The minimum absolute atomic E-state index is 0.170. The van der Waals surface area contributed by atoms with Crippen molar-refractivity contribution < 1.29 is 8.42 Å². The smallest absolute Gasteiger partial charge is 0.152 e. The first-order valence-corrected chi connectivity index (χ1v) is 8.17. The fourth-order valence-corrected chi connectivity index (χ4v) is 4.69. The normalized spacial score (nSPS) is 28.2. The van der Waals surface area contributed by atoms with Gasteiger partial charge in [0.25, 0.3) is 0 Å². The summed E-state index contributed by atoms with van der Waals surface area (Å²) in [6.45, 7) is 6.15. The molecule has 2 atom stereocenters. The van der Waals surface area contributed by atoms with E-state index in [-0.39, 0.29) is 17.3 Å². The van der Waals surface area contributed by atoms with Gasteiger partial charge in [0.2, 0.25) is 0 Å². The van der Waals surface area contributed by atoms with E-state index in [1.54, 1.807) is 0 Å². The summed E-state index contributed by atoms with van der Waals surface area (Å²) < 4.78 is 23.1. The topological polar surface area (TPSA) is 46.2 Å². The molecule has 0 amide bonds. The molecule has 1 saturated heterocycles. The van der Waals surface area contributed by atoms with Crippen LogP contribution in [0.1, 0.15) is 37.4 Å². The predicted octanol–water partition coefficient (Wildman–Crippen LogP) is 2.22. The first-order valence-electron chi connectivity index (χ1n) is 6.34. The summed E-state index contributed by atoms with van der Waals surface area (Å²) in [7, 11) is -2.85. The second-order valence-electron chi connectivity index (χ2n) is 5.68. The first-order chi connectivity index (χ1) is 8.30. The van der Waals surface area contributed by atoms with Crippen molar-refractivity contribution in [2.24, 2.45) is 0 Å². The molecule has 3 nitrogen and oxygen atoms in total. The molecule has 1 fully saturated rings. The maximum absolute atomic E-state index is 11.6. The van der Waals surface area contributed by atoms with E-state index in [2.05, 4.69) is 43.4 Å². The quantitative estimate of drug-likeness (QED) is 0.913. The van der Waals surface area contributed by atoms with Crippen molar-refractivity contribution in [3.05, 3.63) is 35.4 Å². The van der Waals surface area contributed by atoms with E-state index < -0.39 is 9.84 Å². The highest BCUT2D eigenvalue weighted by molar-refractivity contribution is 7.91. The molecule has 0 saturated carbocycles. The maximum Gasteiger partial charge on any atom is 0.152 e. The summed E-state index contributed by atoms with van der Waals surface area (Å²) in [4.78, 5) is 0. The van der Waals surface area contributed by atoms with Crippen LogP contribution in [0, 0.1) is 6.92 Å². The molecule has 0 spiro atoms. The highest BCUT2D eigenvalue weighted by Crippen LogP contribution is 2.26. The van der Waals surface area contributed by atoms with Crippen LogP contribution in [0.5, 0.6) is 0 Å². The van der Waals surface area contributed by atoms with Gasteiger partial charge in [0.15, 0.2) is 9.84 Å². The highest BCUT2D eigenvalue weighted by Gasteiger charge is 2.38. The highest BCUT2D eigenvalue weighted by atomic mass is 32.2. The Morgan fingerprint density at radius 3 is 2.39 bits per heavy atom. The average Bonchev–Trinajstić information content (AvgIpc) is 2.53. The van der Waals surface area contributed by atoms with Gasteiger partial charge in [0, 0.05) is 11.6 Å². The molecule has 1 heterocycles. The number of nitrogens with one attached hydrogen (secondary N) is 1. The van der Waals surface area contributed by atoms with Gasteiger partial charge in [-0.25, -0.2) is 8.42 Å². The molecule has 100 valence electrons. The zero-order valence-electron chi connectivity index (χ0n) is 11.2. The van der Waals surface area contributed by atoms with Crippen molar-refractivity contribution in [2.45, 2.75) is 38.8 Å². The van der Waals surface area contributed by atoms with Crippen LogP contribution in [0.3, 0.4) is 0 Å². The van der Waals surface area contributed by atoms with Crippen LogP contribution in [0.25, 0.3) is 0 Å². The van der Waals surface area contributed by atoms with Gasteiger partial charge in [-0.05, 0) is 32.8 Å². The summed E-state index contributed by atoms with van der Waals surface area (Å²) in [6.07, 6.45) is 0.700. The summed E-state index contributed by atoms with van der Waals surface area (Å²) in [5.74, 6) is 0.549. The molecule has 0 bridgehead atoms. The van der Waals surface area contributed by atoms with Crippen molar-refractivity contribution in [1.29, 1.82) is 0 Å². The van der Waals surface area contributed by atoms with E-state index in [1.165, 1.54) is 11.1 Å². The van der Waals surface area contributed by atoms with Crippen LogP contribution in [0.4, 0.5) is 0 Å². The Hall–Kier alpha value is -0.870. The minimum Gasteiger partial charge on any atom is -0.304 e. The lowest BCUT2D eigenvalue weighted by atomic mass is 9.98. The molecular weight excluding hydrogens is 246 g/mol. The lowest BCUT2D eigenvalue weighted by Gasteiger charge is -2.29. The fraction of sp³-hybridized carbons (Fsp3) is 0.571. The number of benzene rings is 1. The van der Waals surface area contributed by atoms with Crippen LogP contribution < -0.4 is 5.32 Å². The molecule has 1 N–H and O–H groups in total. The molecule has 0 radical (unpaired) electrons. The first kappa shape index (κ1) is 13.6. The van der Waals surface area contributed by atoms with Gasteiger partial charge >= 0.3 is 0 Å². The van der Waals surface area contributed by atoms with Crippen LogP contribution in [0.15, 0.2) is 24.3 Å². The Balaban J connectivity index is 2.08. The molecular formula is C14H21NO2S. The Morgan fingerprint density at radius 1 is 1.28 bits per heavy atom. The molecule has 0 aliphatic carbocycles. The summed E-state index contributed by atoms with van der Waals surface area (Å²) in [5.41, 5.74) is 2.15. The number of rotatable bonds is 3. The van der Waals surface area contributed by atoms with Crippen molar-refractivity contribution in [3.63, 3.8) is 0 Å². The van der Waals surface area contributed by atoms with Crippen molar-refractivity contribution in [1.82, 2.24) is 5.32 Å². The van der Waals surface area contributed by atoms with Crippen LogP contribution in [-0.4, -0.2) is 25.5 Å². The van der Waals surface area contributed by atoms with E-state index >= 15 is 0 Å². The Labute approximate surface area is 110 Å². The zero-order valence-corrected chi connectivity index (χ0v) is 12.0. The zero-order chi connectivity index (χ0) is 13.4. The van der Waals surface area contributed by atoms with E-state index in [0.717, 1.165) is 0 Å². The second-order valence-corrected chi connectivity index (χ2v) is 7.86. The third-order valence-corrected chi connectivity index (χ3v) is 5.55. The van der Waals surface area contributed by atoms with Gasteiger partial charge in [-0.15, -0.1) is 0 Å². The van der Waals surface area contributed by atoms with Crippen LogP contribution in [0.2, 0.25) is 0 Å². The Morgan fingerprint density at radius 2 is 1.89 bits per heavy atom. The van der Waals surface area contributed by atoms with Crippen LogP contribution >= 0.6 is 0 Å². The van der Waals surface area contributed by atoms with Gasteiger partial charge in [-0.2, -0.15) is 0 Å². The average molecular weight is 267 g/mol. The monoisotopic (exact) mass is 267 g/mol. The molecule has 0 aromatic heterocycles. The van der Waals surface area contributed by atoms with E-state index in [0.29, 0.717) is 12.2 Å². The molecule has 4 heteroatoms. The maximum atomic E-state index is 11.6. The summed E-state index contributed by atoms with van der Waals surface area (Å²) >= 11 is 0. The molecule has 18 heavy (non-hydrogen) atoms. The van der Waals surface area contributed by atoms with Crippen molar-refractivity contribution >= 4 is 9.84 Å². The van der Waals surface area contributed by atoms with Crippen molar-refractivity contribution in [2.75, 3.05) is 11.5 Å². The molecule has 1 aliphatic rings. The van der Waals surface area contributed by atoms with Crippen molar-refractivity contribution in [3.8, 4) is 0 Å². The van der Waals surface area contributed by atoms with E-state index in [1.807, 2.05) is 6.92 Å². The summed E-state index contributed by atoms with van der Waals surface area (Å²) in [5, 5.41) is 3.47. The van der Waals surface area contributed by atoms with Gasteiger partial charge < -0.3 is 5.32 Å². The molecule has 1 aromatic carbocycles. The lowest BCUT2D eigenvalue weighted by Crippen LogP contribution is -2.44. The fourth-order valence-electron chi connectivity index (χ4n) is 2.59. The van der Waals surface area contributed by atoms with E-state index in [9.17, 15) is 8.42 Å². The van der Waals surface area contributed by atoms with Crippen LogP contribution in [-0.2, 0) is 9.84 Å². The number of hydrogen-bond acceptors (Lipinski definition) is 3. The second kappa shape index (κ2) is 4.67. The predicted molar refractivity (Wildman–Crippen MR) is 74.4 cm³/mol. The molecule has 1 aromatic rings. The van der Waals surface area contributed by atoms with E-state index in [4.69, 9.17) is 0 Å². The van der Waals surface area contributed by atoms with Gasteiger partial charge in [0.1, 0.15) is 0 Å². The number of aryl methyl sites for hydroxylation is 1. The van der Waals surface area contributed by atoms with Gasteiger partial charge in [-0.1, -0.05) is 29.8 Å². The number of hydrogen-bond donors (Lipinski definition) is 1. The Bertz CT molecular complexity index is 521. The third-order valence-electron chi connectivity index (χ3n) is 3.65. The van der Waals surface area contributed by atoms with Gasteiger partial charge in [-0.3, -0.25) is 0 Å². The molecule has 2 rings (SSSR count). The minimum atomic E-state index is -2.85. The molecule has 1 aliphatic heterocycles. The standard InChI is InChI=1S/C14H21NO2S/c1-11-4-6-13(7-5-11)12(2)15-14(3)8-9-18(16,17)10-14/h4-7,12,15H,8-10H2,1-3H3. The Kier molecular flexibility index (Phi) is 3.52.